The molecule has 1 amide bonds. The number of carbonyl (C=O) groups excluding carboxylic acids is 1. The van der Waals surface area contributed by atoms with Crippen molar-refractivity contribution in [2.24, 2.45) is 0 Å². The van der Waals surface area contributed by atoms with E-state index in [1.54, 1.807) is 0 Å². The van der Waals surface area contributed by atoms with Gasteiger partial charge >= 0.3 is 0 Å². The van der Waals surface area contributed by atoms with Gasteiger partial charge in [0.15, 0.2) is 6.29 Å². The van der Waals surface area contributed by atoms with Crippen molar-refractivity contribution in [2.45, 2.75) is 428 Å². The van der Waals surface area contributed by atoms with Gasteiger partial charge in [-0.1, -0.05) is 334 Å². The summed E-state index contributed by atoms with van der Waals surface area (Å²) in [6.07, 6.45) is 68.5. The molecular formula is C74H143NO10. The predicted octanol–water partition coefficient (Wildman–Crippen LogP) is 18.4. The molecular weight excluding hydrogens is 1060 g/mol. The van der Waals surface area contributed by atoms with Crippen molar-refractivity contribution in [3.8, 4) is 0 Å². The lowest BCUT2D eigenvalue weighted by atomic mass is 9.98. The van der Waals surface area contributed by atoms with E-state index in [1.165, 1.54) is 295 Å². The zero-order valence-corrected chi connectivity index (χ0v) is 55.9. The highest BCUT2D eigenvalue weighted by Gasteiger charge is 2.44. The van der Waals surface area contributed by atoms with Crippen molar-refractivity contribution in [1.82, 2.24) is 5.32 Å². The Balaban J connectivity index is 2.16. The molecule has 0 aromatic heterocycles. The third-order valence-electron chi connectivity index (χ3n) is 18.2. The zero-order chi connectivity index (χ0) is 61.7. The molecule has 1 aliphatic heterocycles. The summed E-state index contributed by atoms with van der Waals surface area (Å²) >= 11 is 0. The van der Waals surface area contributed by atoms with Crippen LogP contribution >= 0.6 is 0 Å². The second-order valence-electron chi connectivity index (χ2n) is 26.4. The first-order valence-electron chi connectivity index (χ1n) is 37.2. The van der Waals surface area contributed by atoms with Crippen LogP contribution in [0.15, 0.2) is 24.3 Å². The van der Waals surface area contributed by atoms with Crippen molar-refractivity contribution < 1.29 is 50.0 Å². The van der Waals surface area contributed by atoms with Crippen molar-refractivity contribution in [3.05, 3.63) is 24.3 Å². The molecule has 0 saturated carbocycles. The number of nitrogens with one attached hydrogen (secondary N) is 1. The number of allylic oxidation sites excluding steroid dienone is 4. The van der Waals surface area contributed by atoms with Crippen molar-refractivity contribution in [2.75, 3.05) is 13.2 Å². The van der Waals surface area contributed by atoms with Crippen molar-refractivity contribution in [3.63, 3.8) is 0 Å². The Labute approximate surface area is 524 Å². The van der Waals surface area contributed by atoms with Crippen molar-refractivity contribution >= 4 is 5.91 Å². The second kappa shape index (κ2) is 62.8. The van der Waals surface area contributed by atoms with E-state index >= 15 is 0 Å². The van der Waals surface area contributed by atoms with Gasteiger partial charge in [0.2, 0.25) is 5.91 Å². The van der Waals surface area contributed by atoms with Crippen LogP contribution in [0.5, 0.6) is 0 Å². The first-order valence-corrected chi connectivity index (χ1v) is 37.2. The molecule has 0 aliphatic carbocycles. The Bertz CT molecular complexity index is 1430. The molecule has 0 aromatic rings. The maximum Gasteiger partial charge on any atom is 0.249 e. The van der Waals surface area contributed by atoms with E-state index in [0.717, 1.165) is 38.5 Å². The lowest BCUT2D eigenvalue weighted by Gasteiger charge is -2.40. The molecule has 0 bridgehead atoms. The highest BCUT2D eigenvalue weighted by atomic mass is 16.7. The van der Waals surface area contributed by atoms with Crippen LogP contribution in [0.1, 0.15) is 373 Å². The fourth-order valence-electron chi connectivity index (χ4n) is 12.3. The first-order chi connectivity index (χ1) is 41.7. The van der Waals surface area contributed by atoms with Gasteiger partial charge in [0.05, 0.1) is 25.4 Å². The Morgan fingerprint density at radius 1 is 0.400 bits per heavy atom. The number of rotatable bonds is 66. The van der Waals surface area contributed by atoms with Gasteiger partial charge in [0.25, 0.3) is 0 Å². The summed E-state index contributed by atoms with van der Waals surface area (Å²) in [5, 5.41) is 76.6. The van der Waals surface area contributed by atoms with Gasteiger partial charge in [-0.05, 0) is 64.2 Å². The van der Waals surface area contributed by atoms with Crippen LogP contribution in [0.3, 0.4) is 0 Å². The summed E-state index contributed by atoms with van der Waals surface area (Å²) in [6.45, 7) is 3.51. The summed E-state index contributed by atoms with van der Waals surface area (Å²) < 4.78 is 11.2. The Hall–Kier alpha value is -1.41. The Morgan fingerprint density at radius 2 is 0.694 bits per heavy atom. The number of amides is 1. The molecule has 8 N–H and O–H groups in total. The zero-order valence-electron chi connectivity index (χ0n) is 55.9. The molecule has 1 fully saturated rings. The number of aliphatic hydroxyl groups is 7. The largest absolute Gasteiger partial charge is 0.394 e. The topological polar surface area (TPSA) is 189 Å². The van der Waals surface area contributed by atoms with E-state index < -0.39 is 74.2 Å². The van der Waals surface area contributed by atoms with E-state index in [2.05, 4.69) is 43.5 Å². The fraction of sp³-hybridized carbons (Fsp3) is 0.932. The molecule has 11 nitrogen and oxygen atoms in total. The van der Waals surface area contributed by atoms with Gasteiger partial charge < -0.3 is 50.5 Å². The van der Waals surface area contributed by atoms with Crippen LogP contribution in [-0.2, 0) is 14.3 Å². The summed E-state index contributed by atoms with van der Waals surface area (Å²) in [5.41, 5.74) is 0. The van der Waals surface area contributed by atoms with Crippen molar-refractivity contribution in [1.29, 1.82) is 0 Å². The first kappa shape index (κ1) is 81.6. The van der Waals surface area contributed by atoms with Crippen LogP contribution in [0.4, 0.5) is 0 Å². The number of ether oxygens (including phenoxy) is 2. The number of unbranched alkanes of at least 4 members (excludes halogenated alkanes) is 50. The standard InChI is InChI=1S/C74H143NO10/c1-3-5-7-9-11-13-15-17-19-21-23-25-27-29-30-31-32-33-34-35-36-37-38-40-42-44-46-48-50-52-54-56-58-60-62-67(78)73(83)75-65(64-84-74-72(82)71(81)70(80)68(63-76)85-74)69(79)66(77)61-59-57-55-53-51-49-47-45-43-41-39-28-26-24-22-20-18-16-14-12-10-8-6-4-2/h31-32,53,55,65-72,74,76-82H,3-30,33-52,54,56-64H2,1-2H3,(H,75,83)/b32-31-,55-53+. The third kappa shape index (κ3) is 50.0. The molecule has 9 unspecified atom stereocenters. The maximum absolute atomic E-state index is 13.3. The quantitative estimate of drug-likeness (QED) is 0.0215. The maximum atomic E-state index is 13.3. The van der Waals surface area contributed by atoms with Crippen LogP contribution < -0.4 is 5.32 Å². The molecule has 85 heavy (non-hydrogen) atoms. The molecule has 0 aromatic carbocycles. The van der Waals surface area contributed by atoms with Gasteiger partial charge in [-0.15, -0.1) is 0 Å². The molecule has 1 saturated heterocycles. The van der Waals surface area contributed by atoms with E-state index in [-0.39, 0.29) is 12.8 Å². The van der Waals surface area contributed by atoms with Gasteiger partial charge in [0, 0.05) is 0 Å². The van der Waals surface area contributed by atoms with Crippen LogP contribution in [0.2, 0.25) is 0 Å². The van der Waals surface area contributed by atoms with Gasteiger partial charge in [-0.2, -0.15) is 0 Å². The third-order valence-corrected chi connectivity index (χ3v) is 18.2. The summed E-state index contributed by atoms with van der Waals surface area (Å²) in [6, 6.07) is -1.18. The van der Waals surface area contributed by atoms with E-state index in [0.29, 0.717) is 12.8 Å². The summed E-state index contributed by atoms with van der Waals surface area (Å²) in [4.78, 5) is 13.3. The predicted molar refractivity (Wildman–Crippen MR) is 358 cm³/mol. The van der Waals surface area contributed by atoms with Crippen LogP contribution in [0.25, 0.3) is 0 Å². The van der Waals surface area contributed by atoms with Gasteiger partial charge in [-0.25, -0.2) is 0 Å². The molecule has 1 aliphatic rings. The molecule has 0 radical (unpaired) electrons. The number of aliphatic hydroxyl groups excluding tert-OH is 7. The average Bonchev–Trinajstić information content (AvgIpc) is 3.67. The van der Waals surface area contributed by atoms with Crippen LogP contribution in [0, 0.1) is 0 Å². The van der Waals surface area contributed by atoms with E-state index in [4.69, 9.17) is 9.47 Å². The molecule has 9 atom stereocenters. The molecule has 1 heterocycles. The number of carbonyl (C=O) groups is 1. The SMILES string of the molecule is CCCCCCCCCCCCCCCC/C=C\CCCCCCCCCCCCCCCCCCC(O)C(=O)NC(COC1OC(CO)C(O)C(O)C1O)C(O)C(O)CCC/C=C/CCCCCCCCCCCCCCCCCCCCC. The molecule has 0 spiro atoms. The number of hydrogen-bond donors (Lipinski definition) is 8. The minimum absolute atomic E-state index is 0.258. The minimum atomic E-state index is -1.67. The lowest BCUT2D eigenvalue weighted by molar-refractivity contribution is -0.303. The van der Waals surface area contributed by atoms with Crippen LogP contribution in [-0.4, -0.2) is 110 Å². The van der Waals surface area contributed by atoms with E-state index in [9.17, 15) is 40.5 Å². The minimum Gasteiger partial charge on any atom is -0.394 e. The normalized spacial score (nSPS) is 18.9. The highest BCUT2D eigenvalue weighted by molar-refractivity contribution is 5.80. The monoisotopic (exact) mass is 1210 g/mol. The Kier molecular flexibility index (Phi) is 60.3. The van der Waals surface area contributed by atoms with Gasteiger partial charge in [0.1, 0.15) is 36.6 Å². The smallest absolute Gasteiger partial charge is 0.249 e. The van der Waals surface area contributed by atoms with Gasteiger partial charge in [-0.3, -0.25) is 4.79 Å². The fourth-order valence-corrected chi connectivity index (χ4v) is 12.3. The summed E-state index contributed by atoms with van der Waals surface area (Å²) in [7, 11) is 0. The Morgan fingerprint density at radius 3 is 1.01 bits per heavy atom. The highest BCUT2D eigenvalue weighted by Crippen LogP contribution is 2.24. The lowest BCUT2D eigenvalue weighted by Crippen LogP contribution is -2.60. The average molecular weight is 1210 g/mol. The molecule has 1 rings (SSSR count). The molecule has 11 heteroatoms. The summed E-state index contributed by atoms with van der Waals surface area (Å²) in [5.74, 6) is -0.699. The van der Waals surface area contributed by atoms with E-state index in [1.807, 2.05) is 0 Å². The molecule has 504 valence electrons. The second-order valence-corrected chi connectivity index (χ2v) is 26.4. The number of hydrogen-bond acceptors (Lipinski definition) is 10.